The summed E-state index contributed by atoms with van der Waals surface area (Å²) in [5.41, 5.74) is 3.58. The van der Waals surface area contributed by atoms with Gasteiger partial charge in [-0.15, -0.1) is 0 Å². The van der Waals surface area contributed by atoms with Crippen LogP contribution in [0, 0.1) is 0 Å². The maximum atomic E-state index is 4.37. The monoisotopic (exact) mass is 284 g/mol. The van der Waals surface area contributed by atoms with Gasteiger partial charge in [0.15, 0.2) is 0 Å². The van der Waals surface area contributed by atoms with Gasteiger partial charge in [-0.2, -0.15) is 0 Å². The molecule has 4 heteroatoms. The lowest BCUT2D eigenvalue weighted by atomic mass is 10.2. The van der Waals surface area contributed by atoms with E-state index in [1.54, 1.807) is 0 Å². The summed E-state index contributed by atoms with van der Waals surface area (Å²) in [6.07, 6.45) is 6.57. The molecule has 0 saturated heterocycles. The van der Waals surface area contributed by atoms with Gasteiger partial charge >= 0.3 is 0 Å². The van der Waals surface area contributed by atoms with Crippen LogP contribution < -0.4 is 10.2 Å². The molecular formula is C17H24N4. The van der Waals surface area contributed by atoms with Crippen molar-refractivity contribution >= 4 is 5.69 Å². The highest BCUT2D eigenvalue weighted by atomic mass is 15.1. The number of rotatable bonds is 7. The molecular weight excluding hydrogens is 260 g/mol. The van der Waals surface area contributed by atoms with Gasteiger partial charge in [0.1, 0.15) is 0 Å². The minimum absolute atomic E-state index is 0.477. The van der Waals surface area contributed by atoms with Gasteiger partial charge in [0.25, 0.3) is 0 Å². The normalized spacial score (nSPS) is 10.9. The Morgan fingerprint density at radius 2 is 2.05 bits per heavy atom. The van der Waals surface area contributed by atoms with Crippen molar-refractivity contribution < 1.29 is 0 Å². The highest BCUT2D eigenvalue weighted by molar-refractivity contribution is 5.51. The van der Waals surface area contributed by atoms with Crippen LogP contribution in [-0.4, -0.2) is 29.6 Å². The molecule has 0 spiro atoms. The van der Waals surface area contributed by atoms with Crippen LogP contribution >= 0.6 is 0 Å². The average Bonchev–Trinajstić information content (AvgIpc) is 2.52. The van der Waals surface area contributed by atoms with E-state index in [4.69, 9.17) is 0 Å². The Balaban J connectivity index is 1.99. The van der Waals surface area contributed by atoms with Gasteiger partial charge in [-0.1, -0.05) is 19.9 Å². The first-order chi connectivity index (χ1) is 10.2. The van der Waals surface area contributed by atoms with Crippen molar-refractivity contribution in [3.05, 3.63) is 54.1 Å². The first-order valence-corrected chi connectivity index (χ1v) is 7.44. The second-order valence-corrected chi connectivity index (χ2v) is 5.53. The molecule has 0 unspecified atom stereocenters. The predicted octanol–water partition coefficient (Wildman–Crippen LogP) is 2.65. The molecule has 0 atom stereocenters. The number of anilines is 1. The molecule has 2 heterocycles. The van der Waals surface area contributed by atoms with Gasteiger partial charge in [0.2, 0.25) is 0 Å². The topological polar surface area (TPSA) is 41.1 Å². The molecule has 0 aliphatic rings. The summed E-state index contributed by atoms with van der Waals surface area (Å²) in [6.45, 7) is 6.11. The van der Waals surface area contributed by atoms with E-state index in [0.717, 1.165) is 25.2 Å². The maximum Gasteiger partial charge on any atom is 0.0595 e. The standard InChI is InChI=1S/C17H24N4/c1-14(2)20-12-15-7-10-18-13-17(15)21(3)11-8-16-6-4-5-9-19-16/h4-7,9-10,13-14,20H,8,11-12H2,1-3H3. The van der Waals surface area contributed by atoms with Gasteiger partial charge in [-0.05, 0) is 23.8 Å². The molecule has 0 bridgehead atoms. The Hall–Kier alpha value is -1.94. The largest absolute Gasteiger partial charge is 0.373 e. The van der Waals surface area contributed by atoms with Crippen LogP contribution in [0.1, 0.15) is 25.1 Å². The van der Waals surface area contributed by atoms with Crippen LogP contribution in [0.3, 0.4) is 0 Å². The van der Waals surface area contributed by atoms with Crippen LogP contribution in [0.2, 0.25) is 0 Å². The van der Waals surface area contributed by atoms with Gasteiger partial charge < -0.3 is 10.2 Å². The second kappa shape index (κ2) is 7.74. The second-order valence-electron chi connectivity index (χ2n) is 5.53. The number of pyridine rings is 2. The van der Waals surface area contributed by atoms with E-state index in [2.05, 4.69) is 53.2 Å². The molecule has 0 amide bonds. The van der Waals surface area contributed by atoms with Crippen molar-refractivity contribution in [3.8, 4) is 0 Å². The quantitative estimate of drug-likeness (QED) is 0.848. The van der Waals surface area contributed by atoms with Crippen molar-refractivity contribution in [2.45, 2.75) is 32.9 Å². The number of likely N-dealkylation sites (N-methyl/N-ethyl adjacent to an activating group) is 1. The van der Waals surface area contributed by atoms with Crippen molar-refractivity contribution in [1.29, 1.82) is 0 Å². The lowest BCUT2D eigenvalue weighted by Gasteiger charge is -2.22. The summed E-state index contributed by atoms with van der Waals surface area (Å²) < 4.78 is 0. The Kier molecular flexibility index (Phi) is 5.69. The fourth-order valence-corrected chi connectivity index (χ4v) is 2.17. The van der Waals surface area contributed by atoms with Crippen molar-refractivity contribution in [2.24, 2.45) is 0 Å². The Labute approximate surface area is 127 Å². The van der Waals surface area contributed by atoms with E-state index in [1.165, 1.54) is 11.3 Å². The van der Waals surface area contributed by atoms with Crippen molar-refractivity contribution in [2.75, 3.05) is 18.5 Å². The summed E-state index contributed by atoms with van der Waals surface area (Å²) in [7, 11) is 2.11. The Morgan fingerprint density at radius 1 is 1.19 bits per heavy atom. The van der Waals surface area contributed by atoms with Crippen LogP contribution in [0.25, 0.3) is 0 Å². The number of hydrogen-bond donors (Lipinski definition) is 1. The zero-order chi connectivity index (χ0) is 15.1. The fraction of sp³-hybridized carbons (Fsp3) is 0.412. The highest BCUT2D eigenvalue weighted by Crippen LogP contribution is 2.18. The first-order valence-electron chi connectivity index (χ1n) is 7.44. The lowest BCUT2D eigenvalue weighted by molar-refractivity contribution is 0.588. The van der Waals surface area contributed by atoms with E-state index in [0.29, 0.717) is 6.04 Å². The van der Waals surface area contributed by atoms with Crippen LogP contribution in [0.4, 0.5) is 5.69 Å². The van der Waals surface area contributed by atoms with Crippen molar-refractivity contribution in [1.82, 2.24) is 15.3 Å². The number of nitrogens with zero attached hydrogens (tertiary/aromatic N) is 3. The molecule has 21 heavy (non-hydrogen) atoms. The van der Waals surface area contributed by atoms with Gasteiger partial charge in [0.05, 0.1) is 11.9 Å². The van der Waals surface area contributed by atoms with Gasteiger partial charge in [-0.3, -0.25) is 9.97 Å². The summed E-state index contributed by atoms with van der Waals surface area (Å²) in [4.78, 5) is 10.9. The fourth-order valence-electron chi connectivity index (χ4n) is 2.17. The van der Waals surface area contributed by atoms with Crippen LogP contribution in [0.15, 0.2) is 42.9 Å². The number of nitrogens with one attached hydrogen (secondary N) is 1. The molecule has 0 aliphatic heterocycles. The average molecular weight is 284 g/mol. The summed E-state index contributed by atoms with van der Waals surface area (Å²) in [5, 5.41) is 3.46. The number of aromatic nitrogens is 2. The van der Waals surface area contributed by atoms with Crippen LogP contribution in [0.5, 0.6) is 0 Å². The predicted molar refractivity (Wildman–Crippen MR) is 87.4 cm³/mol. The Morgan fingerprint density at radius 3 is 2.76 bits per heavy atom. The molecule has 0 fully saturated rings. The molecule has 112 valence electrons. The van der Waals surface area contributed by atoms with E-state index in [-0.39, 0.29) is 0 Å². The van der Waals surface area contributed by atoms with Gasteiger partial charge in [-0.25, -0.2) is 0 Å². The molecule has 0 aliphatic carbocycles. The summed E-state index contributed by atoms with van der Waals surface area (Å²) >= 11 is 0. The molecule has 0 saturated carbocycles. The smallest absolute Gasteiger partial charge is 0.0595 e. The minimum Gasteiger partial charge on any atom is -0.373 e. The third-order valence-electron chi connectivity index (χ3n) is 3.43. The molecule has 1 N–H and O–H groups in total. The molecule has 0 radical (unpaired) electrons. The van der Waals surface area contributed by atoms with Crippen LogP contribution in [-0.2, 0) is 13.0 Å². The zero-order valence-corrected chi connectivity index (χ0v) is 13.1. The molecule has 2 aromatic rings. The van der Waals surface area contributed by atoms with Crippen molar-refractivity contribution in [3.63, 3.8) is 0 Å². The third-order valence-corrected chi connectivity index (χ3v) is 3.43. The lowest BCUT2D eigenvalue weighted by Crippen LogP contribution is -2.26. The zero-order valence-electron chi connectivity index (χ0n) is 13.1. The van der Waals surface area contributed by atoms with E-state index in [9.17, 15) is 0 Å². The van der Waals surface area contributed by atoms with E-state index >= 15 is 0 Å². The first kappa shape index (κ1) is 15.4. The minimum atomic E-state index is 0.477. The summed E-state index contributed by atoms with van der Waals surface area (Å²) in [6, 6.07) is 8.61. The SMILES string of the molecule is CC(C)NCc1ccncc1N(C)CCc1ccccn1. The number of hydrogen-bond acceptors (Lipinski definition) is 4. The van der Waals surface area contributed by atoms with Gasteiger partial charge in [0, 0.05) is 50.7 Å². The maximum absolute atomic E-state index is 4.37. The molecule has 2 rings (SSSR count). The van der Waals surface area contributed by atoms with E-state index in [1.807, 2.05) is 30.7 Å². The third kappa shape index (κ3) is 4.83. The molecule has 2 aromatic heterocycles. The Bertz CT molecular complexity index is 539. The van der Waals surface area contributed by atoms with E-state index < -0.39 is 0 Å². The molecule has 4 nitrogen and oxygen atoms in total. The highest BCUT2D eigenvalue weighted by Gasteiger charge is 2.08. The summed E-state index contributed by atoms with van der Waals surface area (Å²) in [5.74, 6) is 0. The molecule has 0 aromatic carbocycles.